The molecule has 1 rings (SSSR count). The number of esters is 1. The van der Waals surface area contributed by atoms with Gasteiger partial charge in [-0.25, -0.2) is 4.79 Å². The molecule has 0 bridgehead atoms. The van der Waals surface area contributed by atoms with Crippen molar-refractivity contribution in [1.82, 2.24) is 0 Å². The fraction of sp³-hybridized carbons (Fsp3) is 0.438. The summed E-state index contributed by atoms with van der Waals surface area (Å²) in [4.78, 5) is 11.7. The second kappa shape index (κ2) is 6.80. The first kappa shape index (κ1) is 15.8. The van der Waals surface area contributed by atoms with Crippen LogP contribution in [0.3, 0.4) is 0 Å². The molecule has 1 aromatic carbocycles. The zero-order valence-corrected chi connectivity index (χ0v) is 12.9. The molecule has 2 nitrogen and oxygen atoms in total. The molecule has 0 aromatic heterocycles. The van der Waals surface area contributed by atoms with Crippen LogP contribution in [-0.4, -0.2) is 11.4 Å². The van der Waals surface area contributed by atoms with E-state index in [9.17, 15) is 4.79 Å². The van der Waals surface area contributed by atoms with Crippen LogP contribution in [0.1, 0.15) is 33.3 Å². The number of rotatable bonds is 5. The average Bonchev–Trinajstić information content (AvgIpc) is 2.33. The van der Waals surface area contributed by atoms with E-state index >= 15 is 0 Å². The quantitative estimate of drug-likeness (QED) is 0.453. The lowest BCUT2D eigenvalue weighted by atomic mass is 9.98. The van der Waals surface area contributed by atoms with Crippen molar-refractivity contribution in [3.8, 4) is 0 Å². The molecule has 3 heteroatoms. The molecule has 0 aliphatic heterocycles. The molecule has 0 saturated heterocycles. The molecule has 104 valence electrons. The summed E-state index contributed by atoms with van der Waals surface area (Å²) in [7, 11) is 0. The number of carbonyl (C=O) groups is 1. The van der Waals surface area contributed by atoms with Gasteiger partial charge < -0.3 is 4.74 Å². The standard InChI is InChI=1S/C16H22O2S/c1-12(2)14(17)18-15(16(3,4)5)19-11-13-9-7-6-8-10-13/h6-10,15H,1,11H2,2-5H3. The third-order valence-corrected chi connectivity index (χ3v) is 4.12. The predicted octanol–water partition coefficient (Wildman–Crippen LogP) is 4.41. The summed E-state index contributed by atoms with van der Waals surface area (Å²) in [6.45, 7) is 11.5. The summed E-state index contributed by atoms with van der Waals surface area (Å²) < 4.78 is 5.52. The maximum Gasteiger partial charge on any atom is 0.334 e. The number of thioether (sulfide) groups is 1. The maximum atomic E-state index is 11.7. The fourth-order valence-electron chi connectivity index (χ4n) is 1.40. The number of hydrogen-bond acceptors (Lipinski definition) is 3. The van der Waals surface area contributed by atoms with Crippen LogP contribution in [0.25, 0.3) is 0 Å². The molecule has 0 fully saturated rings. The van der Waals surface area contributed by atoms with Gasteiger partial charge in [0.1, 0.15) is 0 Å². The highest BCUT2D eigenvalue weighted by molar-refractivity contribution is 7.99. The van der Waals surface area contributed by atoms with Crippen LogP contribution in [0, 0.1) is 5.41 Å². The van der Waals surface area contributed by atoms with Crippen molar-refractivity contribution in [3.05, 3.63) is 48.0 Å². The van der Waals surface area contributed by atoms with E-state index in [0.717, 1.165) is 5.75 Å². The first-order valence-electron chi connectivity index (χ1n) is 6.32. The highest BCUT2D eigenvalue weighted by atomic mass is 32.2. The van der Waals surface area contributed by atoms with Crippen molar-refractivity contribution in [3.63, 3.8) is 0 Å². The summed E-state index contributed by atoms with van der Waals surface area (Å²) in [6, 6.07) is 10.2. The minimum absolute atomic E-state index is 0.107. The van der Waals surface area contributed by atoms with E-state index < -0.39 is 0 Å². The van der Waals surface area contributed by atoms with Gasteiger partial charge in [0.05, 0.1) is 0 Å². The zero-order valence-electron chi connectivity index (χ0n) is 12.1. The van der Waals surface area contributed by atoms with Crippen molar-refractivity contribution >= 4 is 17.7 Å². The molecular weight excluding hydrogens is 256 g/mol. The van der Waals surface area contributed by atoms with E-state index in [2.05, 4.69) is 39.5 Å². The molecule has 1 aromatic rings. The van der Waals surface area contributed by atoms with Crippen LogP contribution in [-0.2, 0) is 15.3 Å². The Balaban J connectivity index is 2.66. The van der Waals surface area contributed by atoms with Crippen LogP contribution >= 0.6 is 11.8 Å². The molecule has 0 spiro atoms. The molecule has 0 radical (unpaired) electrons. The van der Waals surface area contributed by atoms with Crippen LogP contribution in [0.5, 0.6) is 0 Å². The Hall–Kier alpha value is -1.22. The van der Waals surface area contributed by atoms with Crippen LogP contribution < -0.4 is 0 Å². The fourth-order valence-corrected chi connectivity index (χ4v) is 2.60. The number of ether oxygens (including phenoxy) is 1. The maximum absolute atomic E-state index is 11.7. The van der Waals surface area contributed by atoms with Crippen molar-refractivity contribution in [2.24, 2.45) is 5.41 Å². The second-order valence-corrected chi connectivity index (χ2v) is 6.73. The highest BCUT2D eigenvalue weighted by Gasteiger charge is 2.28. The number of hydrogen-bond donors (Lipinski definition) is 0. The third-order valence-electron chi connectivity index (χ3n) is 2.51. The Labute approximate surface area is 120 Å². The summed E-state index contributed by atoms with van der Waals surface area (Å²) >= 11 is 1.64. The van der Waals surface area contributed by atoms with Gasteiger partial charge in [0.15, 0.2) is 5.44 Å². The first-order chi connectivity index (χ1) is 8.80. The Morgan fingerprint density at radius 2 is 1.89 bits per heavy atom. The molecule has 1 unspecified atom stereocenters. The van der Waals surface area contributed by atoms with E-state index in [4.69, 9.17) is 4.74 Å². The molecule has 0 aliphatic rings. The van der Waals surface area contributed by atoms with Crippen molar-refractivity contribution in [2.45, 2.75) is 38.9 Å². The zero-order chi connectivity index (χ0) is 14.5. The van der Waals surface area contributed by atoms with Gasteiger partial charge in [-0.1, -0.05) is 57.7 Å². The lowest BCUT2D eigenvalue weighted by Crippen LogP contribution is -2.29. The van der Waals surface area contributed by atoms with Crippen molar-refractivity contribution in [2.75, 3.05) is 0 Å². The largest absolute Gasteiger partial charge is 0.447 e. The number of benzene rings is 1. The normalized spacial score (nSPS) is 12.8. The lowest BCUT2D eigenvalue weighted by Gasteiger charge is -2.29. The van der Waals surface area contributed by atoms with Crippen LogP contribution in [0.2, 0.25) is 0 Å². The van der Waals surface area contributed by atoms with Gasteiger partial charge in [0.2, 0.25) is 0 Å². The van der Waals surface area contributed by atoms with Gasteiger partial charge in [-0.15, -0.1) is 11.8 Å². The molecule has 0 saturated carbocycles. The monoisotopic (exact) mass is 278 g/mol. The molecule has 0 N–H and O–H groups in total. The number of carbonyl (C=O) groups excluding carboxylic acids is 1. The Bertz CT molecular complexity index is 432. The van der Waals surface area contributed by atoms with Crippen LogP contribution in [0.4, 0.5) is 0 Å². The van der Waals surface area contributed by atoms with E-state index in [1.54, 1.807) is 18.7 Å². The first-order valence-corrected chi connectivity index (χ1v) is 7.37. The van der Waals surface area contributed by atoms with E-state index in [-0.39, 0.29) is 16.8 Å². The molecule has 0 heterocycles. The van der Waals surface area contributed by atoms with Gasteiger partial charge in [0.25, 0.3) is 0 Å². The van der Waals surface area contributed by atoms with E-state index in [0.29, 0.717) is 5.57 Å². The van der Waals surface area contributed by atoms with Gasteiger partial charge in [-0.3, -0.25) is 0 Å². The molecule has 0 aliphatic carbocycles. The predicted molar refractivity (Wildman–Crippen MR) is 81.9 cm³/mol. The highest BCUT2D eigenvalue weighted by Crippen LogP contribution is 2.33. The summed E-state index contributed by atoms with van der Waals surface area (Å²) in [5, 5.41) is 0. The van der Waals surface area contributed by atoms with Gasteiger partial charge in [-0.2, -0.15) is 0 Å². The smallest absolute Gasteiger partial charge is 0.334 e. The van der Waals surface area contributed by atoms with Crippen LogP contribution in [0.15, 0.2) is 42.5 Å². The summed E-state index contributed by atoms with van der Waals surface area (Å²) in [5.74, 6) is 0.507. The molecule has 0 amide bonds. The summed E-state index contributed by atoms with van der Waals surface area (Å²) in [5.41, 5.74) is 1.38. The average molecular weight is 278 g/mol. The van der Waals surface area contributed by atoms with Gasteiger partial charge in [-0.05, 0) is 12.5 Å². The Morgan fingerprint density at radius 3 is 2.37 bits per heavy atom. The minimum atomic E-state index is -0.319. The molecule has 19 heavy (non-hydrogen) atoms. The Morgan fingerprint density at radius 1 is 1.32 bits per heavy atom. The minimum Gasteiger partial charge on any atom is -0.447 e. The van der Waals surface area contributed by atoms with Crippen molar-refractivity contribution in [1.29, 1.82) is 0 Å². The van der Waals surface area contributed by atoms with E-state index in [1.807, 2.05) is 18.2 Å². The third kappa shape index (κ3) is 5.52. The Kier molecular flexibility index (Phi) is 5.67. The molecular formula is C16H22O2S. The second-order valence-electron chi connectivity index (χ2n) is 5.68. The SMILES string of the molecule is C=C(C)C(=O)OC(SCc1ccccc1)C(C)(C)C. The molecule has 1 atom stereocenters. The lowest BCUT2D eigenvalue weighted by molar-refractivity contribution is -0.143. The summed E-state index contributed by atoms with van der Waals surface area (Å²) in [6.07, 6.45) is 0. The van der Waals surface area contributed by atoms with Crippen molar-refractivity contribution < 1.29 is 9.53 Å². The van der Waals surface area contributed by atoms with E-state index in [1.165, 1.54) is 5.56 Å². The van der Waals surface area contributed by atoms with Gasteiger partial charge >= 0.3 is 5.97 Å². The topological polar surface area (TPSA) is 26.3 Å². The van der Waals surface area contributed by atoms with Gasteiger partial charge in [0, 0.05) is 16.7 Å².